The van der Waals surface area contributed by atoms with E-state index in [0.29, 0.717) is 11.6 Å². The molecular weight excluding hydrogens is 247 g/mol. The Morgan fingerprint density at radius 2 is 2.16 bits per heavy atom. The van der Waals surface area contributed by atoms with Crippen molar-refractivity contribution in [2.45, 2.75) is 38.6 Å². The molecule has 1 fully saturated rings. The fourth-order valence-electron chi connectivity index (χ4n) is 2.92. The molecule has 0 saturated heterocycles. The summed E-state index contributed by atoms with van der Waals surface area (Å²) in [5, 5.41) is 11.0. The fourth-order valence-corrected chi connectivity index (χ4v) is 2.92. The molecule has 0 radical (unpaired) electrons. The van der Waals surface area contributed by atoms with Gasteiger partial charge in [-0.1, -0.05) is 25.8 Å². The van der Waals surface area contributed by atoms with Crippen molar-refractivity contribution in [2.75, 3.05) is 11.9 Å². The third-order valence-corrected chi connectivity index (χ3v) is 3.98. The van der Waals surface area contributed by atoms with Crippen LogP contribution in [0, 0.1) is 21.8 Å². The average molecular weight is 266 g/mol. The van der Waals surface area contributed by atoms with Gasteiger partial charge in [-0.25, -0.2) is 0 Å². The first-order chi connectivity index (χ1) is 9.00. The molecule has 1 aromatic rings. The number of hydrogen-bond donors (Lipinski definition) is 0. The Balaban J connectivity index is 2.30. The van der Waals surface area contributed by atoms with Crippen molar-refractivity contribution in [1.29, 1.82) is 0 Å². The highest BCUT2D eigenvalue weighted by atomic mass is 19.1. The van der Waals surface area contributed by atoms with Crippen molar-refractivity contribution < 1.29 is 9.31 Å². The topological polar surface area (TPSA) is 46.4 Å². The zero-order valence-corrected chi connectivity index (χ0v) is 11.3. The smallest absolute Gasteiger partial charge is 0.327 e. The molecule has 0 aliphatic heterocycles. The van der Waals surface area contributed by atoms with Gasteiger partial charge in [0.1, 0.15) is 5.69 Å². The quantitative estimate of drug-likeness (QED) is 0.618. The maximum absolute atomic E-state index is 13.6. The molecule has 0 aromatic heterocycles. The molecule has 2 unspecified atom stereocenters. The van der Waals surface area contributed by atoms with Crippen LogP contribution in [0.25, 0.3) is 0 Å². The summed E-state index contributed by atoms with van der Waals surface area (Å²) in [5.41, 5.74) is -0.0349. The molecule has 1 saturated carbocycles. The first-order valence-electron chi connectivity index (χ1n) is 6.66. The van der Waals surface area contributed by atoms with Gasteiger partial charge in [-0.15, -0.1) is 0 Å². The van der Waals surface area contributed by atoms with E-state index in [9.17, 15) is 14.5 Å². The van der Waals surface area contributed by atoms with Crippen LogP contribution in [0.3, 0.4) is 0 Å². The van der Waals surface area contributed by atoms with Gasteiger partial charge in [-0.3, -0.25) is 10.1 Å². The first-order valence-corrected chi connectivity index (χ1v) is 6.66. The summed E-state index contributed by atoms with van der Waals surface area (Å²) in [7, 11) is 1.82. The Bertz CT molecular complexity index is 479. The Morgan fingerprint density at radius 1 is 1.42 bits per heavy atom. The van der Waals surface area contributed by atoms with Crippen molar-refractivity contribution in [2.24, 2.45) is 5.92 Å². The Labute approximate surface area is 112 Å². The minimum absolute atomic E-state index is 0.254. The Morgan fingerprint density at radius 3 is 2.79 bits per heavy atom. The molecule has 0 amide bonds. The largest absolute Gasteiger partial charge is 0.366 e. The normalized spacial score (nSPS) is 23.1. The molecule has 2 atom stereocenters. The fraction of sp³-hybridized carbons (Fsp3) is 0.571. The predicted octanol–water partition coefficient (Wildman–Crippen LogP) is 3.75. The highest BCUT2D eigenvalue weighted by Crippen LogP contribution is 2.35. The first kappa shape index (κ1) is 13.8. The number of rotatable bonds is 3. The van der Waals surface area contributed by atoms with Gasteiger partial charge in [0.2, 0.25) is 5.82 Å². The van der Waals surface area contributed by atoms with Crippen LogP contribution in [-0.4, -0.2) is 18.0 Å². The van der Waals surface area contributed by atoms with Gasteiger partial charge in [0.25, 0.3) is 0 Å². The lowest BCUT2D eigenvalue weighted by atomic mass is 9.86. The molecule has 2 rings (SSSR count). The molecule has 1 aliphatic carbocycles. The van der Waals surface area contributed by atoms with Crippen molar-refractivity contribution in [3.05, 3.63) is 34.1 Å². The third-order valence-electron chi connectivity index (χ3n) is 3.98. The van der Waals surface area contributed by atoms with Crippen LogP contribution in [0.5, 0.6) is 0 Å². The summed E-state index contributed by atoms with van der Waals surface area (Å²) in [6, 6.07) is 4.55. The minimum atomic E-state index is -0.766. The van der Waals surface area contributed by atoms with Crippen molar-refractivity contribution in [1.82, 2.24) is 0 Å². The number of halogens is 1. The number of nitrogens with zero attached hydrogens (tertiary/aromatic N) is 2. The molecule has 1 aliphatic rings. The highest BCUT2D eigenvalue weighted by Gasteiger charge is 2.28. The van der Waals surface area contributed by atoms with Crippen molar-refractivity contribution in [3.63, 3.8) is 0 Å². The molecule has 0 spiro atoms. The number of benzene rings is 1. The van der Waals surface area contributed by atoms with Crippen LogP contribution in [-0.2, 0) is 0 Å². The van der Waals surface area contributed by atoms with Crippen molar-refractivity contribution in [3.8, 4) is 0 Å². The van der Waals surface area contributed by atoms with E-state index in [1.807, 2.05) is 11.9 Å². The highest BCUT2D eigenvalue weighted by molar-refractivity contribution is 5.64. The van der Waals surface area contributed by atoms with Gasteiger partial charge in [-0.05, 0) is 30.9 Å². The predicted molar refractivity (Wildman–Crippen MR) is 72.9 cm³/mol. The van der Waals surface area contributed by atoms with E-state index in [4.69, 9.17) is 0 Å². The van der Waals surface area contributed by atoms with Crippen LogP contribution in [0.15, 0.2) is 18.2 Å². The molecule has 4 nitrogen and oxygen atoms in total. The van der Waals surface area contributed by atoms with E-state index in [-0.39, 0.29) is 6.04 Å². The van der Waals surface area contributed by atoms with Gasteiger partial charge < -0.3 is 4.90 Å². The Hall–Kier alpha value is -1.65. The summed E-state index contributed by atoms with van der Waals surface area (Å²) in [6.45, 7) is 2.19. The molecule has 0 heterocycles. The average Bonchev–Trinajstić information content (AvgIpc) is 2.37. The van der Waals surface area contributed by atoms with E-state index in [1.54, 1.807) is 6.07 Å². The van der Waals surface area contributed by atoms with Crippen LogP contribution in [0.1, 0.15) is 32.6 Å². The lowest BCUT2D eigenvalue weighted by Crippen LogP contribution is -2.36. The van der Waals surface area contributed by atoms with Crippen LogP contribution >= 0.6 is 0 Å². The monoisotopic (exact) mass is 266 g/mol. The second kappa shape index (κ2) is 5.55. The summed E-state index contributed by atoms with van der Waals surface area (Å²) in [6.07, 6.45) is 4.34. The second-order valence-electron chi connectivity index (χ2n) is 5.40. The van der Waals surface area contributed by atoms with E-state index in [1.165, 1.54) is 12.5 Å². The second-order valence-corrected chi connectivity index (χ2v) is 5.40. The van der Waals surface area contributed by atoms with Gasteiger partial charge in [-0.2, -0.15) is 4.39 Å². The van der Waals surface area contributed by atoms with Gasteiger partial charge >= 0.3 is 5.69 Å². The van der Waals surface area contributed by atoms with E-state index < -0.39 is 16.4 Å². The van der Waals surface area contributed by atoms with Gasteiger partial charge in [0.15, 0.2) is 0 Å². The summed E-state index contributed by atoms with van der Waals surface area (Å²) in [5.74, 6) is -0.146. The molecule has 0 bridgehead atoms. The maximum Gasteiger partial charge on any atom is 0.327 e. The standard InChI is InChI=1S/C14H19FN2O2/c1-10-5-3-6-11(9-10)16(2)13-8-4-7-12(15)14(13)17(18)19/h4,7-8,10-11H,3,5-6,9H2,1-2H3. The summed E-state index contributed by atoms with van der Waals surface area (Å²) < 4.78 is 13.6. The zero-order valence-electron chi connectivity index (χ0n) is 11.3. The van der Waals surface area contributed by atoms with Gasteiger partial charge in [0.05, 0.1) is 4.92 Å². The molecule has 19 heavy (non-hydrogen) atoms. The number of anilines is 1. The molecule has 0 N–H and O–H groups in total. The van der Waals surface area contributed by atoms with Gasteiger partial charge in [0, 0.05) is 13.1 Å². The number of nitro groups is 1. The van der Waals surface area contributed by atoms with Crippen LogP contribution in [0.2, 0.25) is 0 Å². The lowest BCUT2D eigenvalue weighted by molar-refractivity contribution is -0.386. The molecular formula is C14H19FN2O2. The van der Waals surface area contributed by atoms with E-state index >= 15 is 0 Å². The zero-order chi connectivity index (χ0) is 14.0. The maximum atomic E-state index is 13.6. The SMILES string of the molecule is CC1CCCC(N(C)c2cccc(F)c2[N+](=O)[O-])C1. The number of para-hydroxylation sites is 1. The molecule has 1 aromatic carbocycles. The third kappa shape index (κ3) is 2.85. The Kier molecular flexibility index (Phi) is 4.02. The summed E-state index contributed by atoms with van der Waals surface area (Å²) in [4.78, 5) is 12.3. The number of nitro benzene ring substituents is 1. The number of hydrogen-bond acceptors (Lipinski definition) is 3. The van der Waals surface area contributed by atoms with E-state index in [0.717, 1.165) is 25.3 Å². The van der Waals surface area contributed by atoms with E-state index in [2.05, 4.69) is 6.92 Å². The lowest BCUT2D eigenvalue weighted by Gasteiger charge is -2.35. The van der Waals surface area contributed by atoms with Crippen LogP contribution in [0.4, 0.5) is 15.8 Å². The minimum Gasteiger partial charge on any atom is -0.366 e. The summed E-state index contributed by atoms with van der Waals surface area (Å²) >= 11 is 0. The van der Waals surface area contributed by atoms with Crippen LogP contribution < -0.4 is 4.90 Å². The van der Waals surface area contributed by atoms with Crippen molar-refractivity contribution >= 4 is 11.4 Å². The molecule has 5 heteroatoms. The molecule has 104 valence electrons.